The molecule has 1 fully saturated rings. The maximum absolute atomic E-state index is 10.6. The Kier molecular flexibility index (Phi) is 5.05. The Morgan fingerprint density at radius 3 is 2.80 bits per heavy atom. The second-order valence-electron chi connectivity index (χ2n) is 4.32. The Hall–Kier alpha value is -0.610. The number of nitrogens with one attached hydrogen (secondary N) is 1. The highest BCUT2D eigenvalue weighted by molar-refractivity contribution is 5.66. The van der Waals surface area contributed by atoms with E-state index in [4.69, 9.17) is 4.74 Å². The van der Waals surface area contributed by atoms with E-state index < -0.39 is 0 Å². The fourth-order valence-electron chi connectivity index (χ4n) is 1.78. The summed E-state index contributed by atoms with van der Waals surface area (Å²) in [6.07, 6.45) is 2.54. The molecular formula is C11H22N2O2. The summed E-state index contributed by atoms with van der Waals surface area (Å²) in [6, 6.07) is 0.572. The SMILES string of the molecule is CCCC(C)NCN1CC(OC(C)=O)C1. The number of rotatable bonds is 6. The van der Waals surface area contributed by atoms with Crippen molar-refractivity contribution in [3.8, 4) is 0 Å². The Morgan fingerprint density at radius 2 is 2.27 bits per heavy atom. The van der Waals surface area contributed by atoms with Gasteiger partial charge in [0.2, 0.25) is 0 Å². The molecule has 1 heterocycles. The van der Waals surface area contributed by atoms with Gasteiger partial charge in [0.25, 0.3) is 0 Å². The molecule has 1 unspecified atom stereocenters. The van der Waals surface area contributed by atoms with Gasteiger partial charge in [-0.15, -0.1) is 0 Å². The van der Waals surface area contributed by atoms with Crippen molar-refractivity contribution in [1.82, 2.24) is 10.2 Å². The van der Waals surface area contributed by atoms with Crippen molar-refractivity contribution in [3.05, 3.63) is 0 Å². The molecule has 4 nitrogen and oxygen atoms in total. The topological polar surface area (TPSA) is 41.6 Å². The number of esters is 1. The summed E-state index contributed by atoms with van der Waals surface area (Å²) >= 11 is 0. The number of ether oxygens (including phenoxy) is 1. The van der Waals surface area contributed by atoms with E-state index in [-0.39, 0.29) is 12.1 Å². The smallest absolute Gasteiger partial charge is 0.302 e. The zero-order valence-corrected chi connectivity index (χ0v) is 9.95. The third kappa shape index (κ3) is 4.62. The monoisotopic (exact) mass is 214 g/mol. The van der Waals surface area contributed by atoms with Crippen LogP contribution in [0.2, 0.25) is 0 Å². The minimum Gasteiger partial charge on any atom is -0.460 e. The number of nitrogens with zero attached hydrogens (tertiary/aromatic N) is 1. The molecular weight excluding hydrogens is 192 g/mol. The lowest BCUT2D eigenvalue weighted by Gasteiger charge is -2.38. The zero-order valence-electron chi connectivity index (χ0n) is 9.95. The molecule has 1 atom stereocenters. The van der Waals surface area contributed by atoms with Crippen LogP contribution in [0.3, 0.4) is 0 Å². The summed E-state index contributed by atoms with van der Waals surface area (Å²) in [5, 5.41) is 3.44. The van der Waals surface area contributed by atoms with E-state index in [1.807, 2.05) is 0 Å². The predicted octanol–water partition coefficient (Wildman–Crippen LogP) is 0.969. The van der Waals surface area contributed by atoms with Crippen LogP contribution in [0.1, 0.15) is 33.6 Å². The second-order valence-corrected chi connectivity index (χ2v) is 4.32. The zero-order chi connectivity index (χ0) is 11.3. The first kappa shape index (κ1) is 12.5. The van der Waals surface area contributed by atoms with Gasteiger partial charge in [0, 0.05) is 32.7 Å². The minimum atomic E-state index is -0.174. The second kappa shape index (κ2) is 6.08. The first-order chi connectivity index (χ1) is 7.11. The largest absolute Gasteiger partial charge is 0.460 e. The molecule has 0 aromatic carbocycles. The molecule has 1 N–H and O–H groups in total. The van der Waals surface area contributed by atoms with E-state index in [1.54, 1.807) is 0 Å². The van der Waals surface area contributed by atoms with Crippen molar-refractivity contribution >= 4 is 5.97 Å². The van der Waals surface area contributed by atoms with Gasteiger partial charge < -0.3 is 10.1 Å². The minimum absolute atomic E-state index is 0.116. The third-order valence-electron chi connectivity index (χ3n) is 2.64. The normalized spacial score (nSPS) is 19.7. The van der Waals surface area contributed by atoms with Crippen molar-refractivity contribution in [2.75, 3.05) is 19.8 Å². The van der Waals surface area contributed by atoms with Crippen LogP contribution in [-0.4, -0.2) is 42.8 Å². The molecule has 0 radical (unpaired) electrons. The lowest BCUT2D eigenvalue weighted by atomic mass is 10.1. The molecule has 4 heteroatoms. The van der Waals surface area contributed by atoms with E-state index in [0.29, 0.717) is 6.04 Å². The van der Waals surface area contributed by atoms with Crippen molar-refractivity contribution in [3.63, 3.8) is 0 Å². The molecule has 1 aliphatic heterocycles. The number of likely N-dealkylation sites (tertiary alicyclic amines) is 1. The summed E-state index contributed by atoms with van der Waals surface area (Å²) < 4.78 is 5.06. The lowest BCUT2D eigenvalue weighted by Crippen LogP contribution is -2.56. The van der Waals surface area contributed by atoms with E-state index in [2.05, 4.69) is 24.1 Å². The summed E-state index contributed by atoms with van der Waals surface area (Å²) in [5.41, 5.74) is 0. The first-order valence-corrected chi connectivity index (χ1v) is 5.74. The molecule has 0 bridgehead atoms. The fraction of sp³-hybridized carbons (Fsp3) is 0.909. The van der Waals surface area contributed by atoms with Crippen LogP contribution >= 0.6 is 0 Å². The van der Waals surface area contributed by atoms with Gasteiger partial charge in [-0.2, -0.15) is 0 Å². The fourth-order valence-corrected chi connectivity index (χ4v) is 1.78. The number of hydrogen-bond acceptors (Lipinski definition) is 4. The van der Waals surface area contributed by atoms with Crippen LogP contribution < -0.4 is 5.32 Å². The van der Waals surface area contributed by atoms with Crippen LogP contribution in [-0.2, 0) is 9.53 Å². The van der Waals surface area contributed by atoms with Gasteiger partial charge in [-0.25, -0.2) is 0 Å². The molecule has 88 valence electrons. The van der Waals surface area contributed by atoms with Gasteiger partial charge in [0.15, 0.2) is 0 Å². The highest BCUT2D eigenvalue weighted by Crippen LogP contribution is 2.10. The first-order valence-electron chi connectivity index (χ1n) is 5.74. The van der Waals surface area contributed by atoms with Crippen LogP contribution in [0.25, 0.3) is 0 Å². The summed E-state index contributed by atoms with van der Waals surface area (Å²) in [5.74, 6) is -0.174. The van der Waals surface area contributed by atoms with Crippen molar-refractivity contribution < 1.29 is 9.53 Å². The lowest BCUT2D eigenvalue weighted by molar-refractivity contribution is -0.154. The Bertz CT molecular complexity index is 203. The van der Waals surface area contributed by atoms with Crippen LogP contribution in [0.5, 0.6) is 0 Å². The highest BCUT2D eigenvalue weighted by atomic mass is 16.5. The Labute approximate surface area is 92.0 Å². The van der Waals surface area contributed by atoms with Crippen LogP contribution in [0, 0.1) is 0 Å². The molecule has 0 aromatic rings. The molecule has 0 spiro atoms. The van der Waals surface area contributed by atoms with Crippen molar-refractivity contribution in [2.24, 2.45) is 0 Å². The van der Waals surface area contributed by atoms with Gasteiger partial charge in [0.05, 0.1) is 0 Å². The molecule has 0 aliphatic carbocycles. The molecule has 0 saturated carbocycles. The summed E-state index contributed by atoms with van der Waals surface area (Å²) in [6.45, 7) is 8.49. The Balaban J connectivity index is 2.00. The molecule has 1 rings (SSSR count). The maximum Gasteiger partial charge on any atom is 0.302 e. The summed E-state index contributed by atoms with van der Waals surface area (Å²) in [4.78, 5) is 12.9. The van der Waals surface area contributed by atoms with E-state index in [9.17, 15) is 4.79 Å². The van der Waals surface area contributed by atoms with Crippen molar-refractivity contribution in [1.29, 1.82) is 0 Å². The van der Waals surface area contributed by atoms with Crippen LogP contribution in [0.4, 0.5) is 0 Å². The highest BCUT2D eigenvalue weighted by Gasteiger charge is 2.28. The third-order valence-corrected chi connectivity index (χ3v) is 2.64. The Morgan fingerprint density at radius 1 is 1.60 bits per heavy atom. The standard InChI is InChI=1S/C11H22N2O2/c1-4-5-9(2)12-8-13-6-11(7-13)15-10(3)14/h9,11-12H,4-8H2,1-3H3. The average Bonchev–Trinajstić information content (AvgIpc) is 2.08. The average molecular weight is 214 g/mol. The van der Waals surface area contributed by atoms with Gasteiger partial charge >= 0.3 is 5.97 Å². The van der Waals surface area contributed by atoms with Gasteiger partial charge in [-0.1, -0.05) is 13.3 Å². The van der Waals surface area contributed by atoms with Gasteiger partial charge in [-0.3, -0.25) is 9.69 Å². The predicted molar refractivity (Wildman–Crippen MR) is 59.5 cm³/mol. The quantitative estimate of drug-likeness (QED) is 0.669. The molecule has 0 amide bonds. The van der Waals surface area contributed by atoms with E-state index in [1.165, 1.54) is 19.8 Å². The van der Waals surface area contributed by atoms with E-state index >= 15 is 0 Å². The van der Waals surface area contributed by atoms with Crippen LogP contribution in [0.15, 0.2) is 0 Å². The van der Waals surface area contributed by atoms with Gasteiger partial charge in [0.1, 0.15) is 6.10 Å². The molecule has 1 aliphatic rings. The summed E-state index contributed by atoms with van der Waals surface area (Å²) in [7, 11) is 0. The van der Waals surface area contributed by atoms with Gasteiger partial charge in [-0.05, 0) is 13.3 Å². The number of carbonyl (C=O) groups excluding carboxylic acids is 1. The number of carbonyl (C=O) groups is 1. The molecule has 0 aromatic heterocycles. The van der Waals surface area contributed by atoms with E-state index in [0.717, 1.165) is 19.8 Å². The molecule has 1 saturated heterocycles. The molecule has 15 heavy (non-hydrogen) atoms. The van der Waals surface area contributed by atoms with Crippen molar-refractivity contribution in [2.45, 2.75) is 45.8 Å². The number of hydrogen-bond donors (Lipinski definition) is 1. The maximum atomic E-state index is 10.6.